The molecule has 0 fully saturated rings. The molecule has 1 atom stereocenters. The van der Waals surface area contributed by atoms with Crippen molar-refractivity contribution in [1.82, 2.24) is 0 Å². The maximum absolute atomic E-state index is 13.7. The molecule has 0 saturated carbocycles. The number of carbonyl (C=O) groups is 2. The highest BCUT2D eigenvalue weighted by Crippen LogP contribution is 2.43. The van der Waals surface area contributed by atoms with Crippen molar-refractivity contribution in [3.05, 3.63) is 106 Å². The number of rotatable bonds is 5. The van der Waals surface area contributed by atoms with Crippen molar-refractivity contribution in [3.8, 4) is 5.75 Å². The van der Waals surface area contributed by atoms with Gasteiger partial charge in [0.2, 0.25) is 5.78 Å². The van der Waals surface area contributed by atoms with Crippen molar-refractivity contribution < 1.29 is 23.8 Å². The van der Waals surface area contributed by atoms with Crippen molar-refractivity contribution in [1.29, 1.82) is 0 Å². The molecule has 34 heavy (non-hydrogen) atoms. The number of fused-ring (bicyclic) bond motifs is 1. The van der Waals surface area contributed by atoms with Gasteiger partial charge in [0, 0.05) is 16.1 Å². The number of methoxy groups -OCH3 is 1. The Labute approximate surface area is 200 Å². The zero-order chi connectivity index (χ0) is 24.0. The summed E-state index contributed by atoms with van der Waals surface area (Å²) < 4.78 is 11.1. The van der Waals surface area contributed by atoms with Crippen LogP contribution in [0.15, 0.2) is 88.5 Å². The number of hydrogen-bond donors (Lipinski definition) is 1. The number of carbonyl (C=O) groups excluding carboxylic acids is 2. The van der Waals surface area contributed by atoms with E-state index in [0.717, 1.165) is 5.56 Å². The van der Waals surface area contributed by atoms with Crippen LogP contribution in [0.4, 0.5) is 5.69 Å². The monoisotopic (exact) mass is 473 g/mol. The summed E-state index contributed by atoms with van der Waals surface area (Å²) in [5, 5.41) is 12.1. The lowest BCUT2D eigenvalue weighted by Crippen LogP contribution is -2.31. The fourth-order valence-electron chi connectivity index (χ4n) is 4.19. The number of hydrogen-bond acceptors (Lipinski definition) is 5. The molecule has 1 N–H and O–H groups in total. The molecule has 3 aromatic carbocycles. The van der Waals surface area contributed by atoms with Crippen LogP contribution < -0.4 is 9.64 Å². The Morgan fingerprint density at radius 2 is 1.82 bits per heavy atom. The molecule has 0 aliphatic carbocycles. The summed E-state index contributed by atoms with van der Waals surface area (Å²) in [5.74, 6) is -1.30. The summed E-state index contributed by atoms with van der Waals surface area (Å²) in [5.41, 5.74) is 2.59. The van der Waals surface area contributed by atoms with Crippen LogP contribution in [-0.2, 0) is 4.79 Å². The molecule has 0 radical (unpaired) electrons. The molecule has 1 amide bonds. The maximum Gasteiger partial charge on any atom is 0.294 e. The van der Waals surface area contributed by atoms with Gasteiger partial charge in [-0.3, -0.25) is 14.5 Å². The number of aliphatic hydroxyl groups is 1. The van der Waals surface area contributed by atoms with Gasteiger partial charge in [0.25, 0.3) is 5.91 Å². The summed E-state index contributed by atoms with van der Waals surface area (Å²) in [6.45, 7) is 1.94. The molecule has 1 aliphatic heterocycles. The Hall–Kier alpha value is -4.03. The van der Waals surface area contributed by atoms with Crippen LogP contribution in [0.25, 0.3) is 11.0 Å². The van der Waals surface area contributed by atoms with E-state index in [1.54, 1.807) is 60.7 Å². The molecule has 170 valence electrons. The Kier molecular flexibility index (Phi) is 5.38. The maximum atomic E-state index is 13.7. The van der Waals surface area contributed by atoms with Gasteiger partial charge in [0.1, 0.15) is 11.3 Å². The Bertz CT molecular complexity index is 1470. The first-order valence-electron chi connectivity index (χ1n) is 10.6. The Morgan fingerprint density at radius 1 is 1.06 bits per heavy atom. The standard InChI is InChI=1S/C27H20ClNO5/c1-15-6-9-19(10-7-15)29-24(16-4-3-5-20(13-16)33-2)23(26(31)27(29)32)25(30)22-14-17-12-18(28)8-11-21(17)34-22/h3-14,24,31H,1-2H3. The molecule has 5 rings (SSSR count). The topological polar surface area (TPSA) is 80.0 Å². The van der Waals surface area contributed by atoms with Gasteiger partial charge in [-0.05, 0) is 61.0 Å². The smallest absolute Gasteiger partial charge is 0.294 e. The molecule has 0 saturated heterocycles. The third kappa shape index (κ3) is 3.62. The van der Waals surface area contributed by atoms with Gasteiger partial charge in [-0.15, -0.1) is 0 Å². The summed E-state index contributed by atoms with van der Waals surface area (Å²) in [7, 11) is 1.54. The predicted molar refractivity (Wildman–Crippen MR) is 130 cm³/mol. The second-order valence-electron chi connectivity index (χ2n) is 8.07. The van der Waals surface area contributed by atoms with Crippen molar-refractivity contribution >= 4 is 39.9 Å². The third-order valence-electron chi connectivity index (χ3n) is 5.88. The molecular formula is C27H20ClNO5. The highest BCUT2D eigenvalue weighted by atomic mass is 35.5. The normalized spacial score (nSPS) is 15.9. The van der Waals surface area contributed by atoms with E-state index in [-0.39, 0.29) is 11.3 Å². The minimum atomic E-state index is -0.880. The summed E-state index contributed by atoms with van der Waals surface area (Å²) in [4.78, 5) is 28.4. The second kappa shape index (κ2) is 8.39. The number of benzene rings is 3. The number of amides is 1. The van der Waals surface area contributed by atoms with E-state index in [9.17, 15) is 14.7 Å². The average Bonchev–Trinajstić information content (AvgIpc) is 3.38. The zero-order valence-electron chi connectivity index (χ0n) is 18.4. The lowest BCUT2D eigenvalue weighted by Gasteiger charge is -2.27. The van der Waals surface area contributed by atoms with Crippen LogP contribution >= 0.6 is 11.6 Å². The van der Waals surface area contributed by atoms with Crippen LogP contribution in [0.3, 0.4) is 0 Å². The SMILES string of the molecule is COc1cccc(C2C(C(=O)c3cc4cc(Cl)ccc4o3)=C(O)C(=O)N2c2ccc(C)cc2)c1. The van der Waals surface area contributed by atoms with E-state index in [1.165, 1.54) is 12.0 Å². The van der Waals surface area contributed by atoms with Crippen LogP contribution in [0.1, 0.15) is 27.7 Å². The van der Waals surface area contributed by atoms with E-state index in [1.807, 2.05) is 19.1 Å². The Morgan fingerprint density at radius 3 is 2.56 bits per heavy atom. The number of anilines is 1. The van der Waals surface area contributed by atoms with Crippen LogP contribution in [-0.4, -0.2) is 23.9 Å². The first kappa shape index (κ1) is 21.8. The number of furan rings is 1. The highest BCUT2D eigenvalue weighted by molar-refractivity contribution is 6.31. The summed E-state index contributed by atoms with van der Waals surface area (Å²) >= 11 is 6.07. The fraction of sp³-hybridized carbons (Fsp3) is 0.111. The largest absolute Gasteiger partial charge is 0.503 e. The molecule has 0 bridgehead atoms. The van der Waals surface area contributed by atoms with E-state index >= 15 is 0 Å². The second-order valence-corrected chi connectivity index (χ2v) is 8.51. The van der Waals surface area contributed by atoms with Gasteiger partial charge in [0.05, 0.1) is 18.7 Å². The molecular weight excluding hydrogens is 454 g/mol. The van der Waals surface area contributed by atoms with Gasteiger partial charge in [-0.25, -0.2) is 0 Å². The number of halogens is 1. The van der Waals surface area contributed by atoms with Gasteiger partial charge >= 0.3 is 0 Å². The number of nitrogens with zero attached hydrogens (tertiary/aromatic N) is 1. The van der Waals surface area contributed by atoms with E-state index in [0.29, 0.717) is 33.0 Å². The van der Waals surface area contributed by atoms with E-state index in [2.05, 4.69) is 0 Å². The first-order chi connectivity index (χ1) is 16.4. The molecule has 2 heterocycles. The summed E-state index contributed by atoms with van der Waals surface area (Å²) in [6, 6.07) is 20.1. The number of aliphatic hydroxyl groups excluding tert-OH is 1. The summed E-state index contributed by atoms with van der Waals surface area (Å²) in [6.07, 6.45) is 0. The molecule has 1 aliphatic rings. The van der Waals surface area contributed by atoms with Crippen molar-refractivity contribution in [3.63, 3.8) is 0 Å². The van der Waals surface area contributed by atoms with Gasteiger partial charge in [-0.1, -0.05) is 41.4 Å². The predicted octanol–water partition coefficient (Wildman–Crippen LogP) is 6.19. The number of Topliss-reactive ketones (excluding diaryl/α,β-unsaturated/α-hetero) is 1. The van der Waals surface area contributed by atoms with Gasteiger partial charge in [-0.2, -0.15) is 0 Å². The van der Waals surface area contributed by atoms with Gasteiger partial charge in [0.15, 0.2) is 11.5 Å². The van der Waals surface area contributed by atoms with Crippen LogP contribution in [0, 0.1) is 6.92 Å². The van der Waals surface area contributed by atoms with Gasteiger partial charge < -0.3 is 14.3 Å². The molecule has 6 nitrogen and oxygen atoms in total. The minimum Gasteiger partial charge on any atom is -0.503 e. The first-order valence-corrected chi connectivity index (χ1v) is 11.0. The van der Waals surface area contributed by atoms with E-state index < -0.39 is 23.5 Å². The van der Waals surface area contributed by atoms with Crippen molar-refractivity contribution in [2.24, 2.45) is 0 Å². The fourth-order valence-corrected chi connectivity index (χ4v) is 4.38. The molecule has 0 spiro atoms. The van der Waals surface area contributed by atoms with Crippen molar-refractivity contribution in [2.75, 3.05) is 12.0 Å². The zero-order valence-corrected chi connectivity index (χ0v) is 19.2. The van der Waals surface area contributed by atoms with Crippen molar-refractivity contribution in [2.45, 2.75) is 13.0 Å². The number of ether oxygens (including phenoxy) is 1. The Balaban J connectivity index is 1.66. The highest BCUT2D eigenvalue weighted by Gasteiger charge is 2.45. The van der Waals surface area contributed by atoms with Crippen LogP contribution in [0.2, 0.25) is 5.02 Å². The average molecular weight is 474 g/mol. The third-order valence-corrected chi connectivity index (χ3v) is 6.11. The van der Waals surface area contributed by atoms with E-state index in [4.69, 9.17) is 20.8 Å². The molecule has 7 heteroatoms. The molecule has 1 unspecified atom stereocenters. The molecule has 4 aromatic rings. The quantitative estimate of drug-likeness (QED) is 0.350. The number of ketones is 1. The molecule has 1 aromatic heterocycles. The minimum absolute atomic E-state index is 0.00488. The van der Waals surface area contributed by atoms with Crippen LogP contribution in [0.5, 0.6) is 5.75 Å². The lowest BCUT2D eigenvalue weighted by atomic mass is 9.94. The lowest BCUT2D eigenvalue weighted by molar-refractivity contribution is -0.117. The number of aryl methyl sites for hydroxylation is 1.